The van der Waals surface area contributed by atoms with Gasteiger partial charge in [-0.25, -0.2) is 0 Å². The summed E-state index contributed by atoms with van der Waals surface area (Å²) in [5.41, 5.74) is 6.30. The second-order valence-electron chi connectivity index (χ2n) is 4.61. The van der Waals surface area contributed by atoms with Crippen molar-refractivity contribution in [2.45, 2.75) is 32.9 Å². The minimum Gasteiger partial charge on any atom is -0.343 e. The van der Waals surface area contributed by atoms with E-state index in [-0.39, 0.29) is 5.91 Å². The number of rotatable bonds is 3. The standard InChI is InChI=1S/C11H19N5O/c1-9(17)15-4-2-3-10(6-15)7-16-8-11(5-12)13-14-16/h8,10H,2-7,12H2,1H3. The zero-order chi connectivity index (χ0) is 12.3. The van der Waals surface area contributed by atoms with E-state index in [1.165, 1.54) is 0 Å². The number of carbonyl (C=O) groups is 1. The highest BCUT2D eigenvalue weighted by molar-refractivity contribution is 5.73. The van der Waals surface area contributed by atoms with Gasteiger partial charge in [-0.2, -0.15) is 0 Å². The first-order valence-corrected chi connectivity index (χ1v) is 6.03. The van der Waals surface area contributed by atoms with Crippen LogP contribution in [0.2, 0.25) is 0 Å². The van der Waals surface area contributed by atoms with Crippen LogP contribution in [0.15, 0.2) is 6.20 Å². The van der Waals surface area contributed by atoms with Crippen molar-refractivity contribution in [2.75, 3.05) is 13.1 Å². The number of nitrogens with zero attached hydrogens (tertiary/aromatic N) is 4. The fourth-order valence-corrected chi connectivity index (χ4v) is 2.29. The smallest absolute Gasteiger partial charge is 0.219 e. The lowest BCUT2D eigenvalue weighted by Gasteiger charge is -2.31. The van der Waals surface area contributed by atoms with E-state index in [4.69, 9.17) is 5.73 Å². The van der Waals surface area contributed by atoms with Crippen LogP contribution in [0, 0.1) is 5.92 Å². The van der Waals surface area contributed by atoms with Crippen molar-refractivity contribution in [3.8, 4) is 0 Å². The van der Waals surface area contributed by atoms with Crippen LogP contribution in [-0.4, -0.2) is 38.9 Å². The van der Waals surface area contributed by atoms with Crippen LogP contribution < -0.4 is 5.73 Å². The highest BCUT2D eigenvalue weighted by Crippen LogP contribution is 2.18. The molecule has 2 N–H and O–H groups in total. The highest BCUT2D eigenvalue weighted by atomic mass is 16.2. The zero-order valence-corrected chi connectivity index (χ0v) is 10.2. The van der Waals surface area contributed by atoms with E-state index >= 15 is 0 Å². The molecule has 1 unspecified atom stereocenters. The molecule has 1 fully saturated rings. The van der Waals surface area contributed by atoms with Crippen LogP contribution in [0.4, 0.5) is 0 Å². The molecule has 0 radical (unpaired) electrons. The maximum atomic E-state index is 11.3. The van der Waals surface area contributed by atoms with E-state index in [1.807, 2.05) is 15.8 Å². The normalized spacial score (nSPS) is 20.6. The quantitative estimate of drug-likeness (QED) is 0.802. The van der Waals surface area contributed by atoms with Crippen molar-refractivity contribution in [1.29, 1.82) is 0 Å². The van der Waals surface area contributed by atoms with Gasteiger partial charge in [-0.1, -0.05) is 5.21 Å². The number of hydrogen-bond donors (Lipinski definition) is 1. The molecule has 1 saturated heterocycles. The molecule has 6 nitrogen and oxygen atoms in total. The Hall–Kier alpha value is -1.43. The number of piperidine rings is 1. The molecule has 2 heterocycles. The highest BCUT2D eigenvalue weighted by Gasteiger charge is 2.22. The molecule has 0 saturated carbocycles. The van der Waals surface area contributed by atoms with Gasteiger partial charge >= 0.3 is 0 Å². The fourth-order valence-electron chi connectivity index (χ4n) is 2.29. The summed E-state index contributed by atoms with van der Waals surface area (Å²) >= 11 is 0. The molecule has 1 aromatic rings. The van der Waals surface area contributed by atoms with Gasteiger partial charge in [0, 0.05) is 39.3 Å². The molecule has 0 aromatic carbocycles. The van der Waals surface area contributed by atoms with Crippen LogP contribution in [0.3, 0.4) is 0 Å². The zero-order valence-electron chi connectivity index (χ0n) is 10.2. The Labute approximate surface area is 101 Å². The van der Waals surface area contributed by atoms with Crippen molar-refractivity contribution < 1.29 is 4.79 Å². The molecule has 6 heteroatoms. The van der Waals surface area contributed by atoms with Gasteiger partial charge < -0.3 is 10.6 Å². The van der Waals surface area contributed by atoms with E-state index < -0.39 is 0 Å². The lowest BCUT2D eigenvalue weighted by Crippen LogP contribution is -2.39. The van der Waals surface area contributed by atoms with Crippen LogP contribution in [0.5, 0.6) is 0 Å². The van der Waals surface area contributed by atoms with E-state index in [9.17, 15) is 4.79 Å². The topological polar surface area (TPSA) is 77.0 Å². The minimum absolute atomic E-state index is 0.163. The second kappa shape index (κ2) is 5.27. The molecule has 1 aliphatic heterocycles. The summed E-state index contributed by atoms with van der Waals surface area (Å²) in [5.74, 6) is 0.635. The molecule has 1 atom stereocenters. The maximum Gasteiger partial charge on any atom is 0.219 e. The monoisotopic (exact) mass is 237 g/mol. The minimum atomic E-state index is 0.163. The summed E-state index contributed by atoms with van der Waals surface area (Å²) in [6, 6.07) is 0. The Morgan fingerprint density at radius 3 is 3.12 bits per heavy atom. The first-order chi connectivity index (χ1) is 8.19. The van der Waals surface area contributed by atoms with Crippen LogP contribution >= 0.6 is 0 Å². The number of hydrogen-bond acceptors (Lipinski definition) is 4. The summed E-state index contributed by atoms with van der Waals surface area (Å²) in [6.45, 7) is 4.58. The van der Waals surface area contributed by atoms with Crippen molar-refractivity contribution in [1.82, 2.24) is 19.9 Å². The fraction of sp³-hybridized carbons (Fsp3) is 0.727. The van der Waals surface area contributed by atoms with Crippen molar-refractivity contribution in [3.05, 3.63) is 11.9 Å². The molecule has 1 aliphatic rings. The molecule has 94 valence electrons. The number of likely N-dealkylation sites (tertiary alicyclic amines) is 1. The molecular weight excluding hydrogens is 218 g/mol. The van der Waals surface area contributed by atoms with E-state index in [1.54, 1.807) is 6.92 Å². The van der Waals surface area contributed by atoms with Crippen molar-refractivity contribution in [2.24, 2.45) is 11.7 Å². The van der Waals surface area contributed by atoms with Gasteiger partial charge in [0.05, 0.1) is 5.69 Å². The van der Waals surface area contributed by atoms with E-state index in [0.717, 1.165) is 38.2 Å². The molecule has 17 heavy (non-hydrogen) atoms. The third-order valence-electron chi connectivity index (χ3n) is 3.20. The maximum absolute atomic E-state index is 11.3. The van der Waals surface area contributed by atoms with Crippen LogP contribution in [-0.2, 0) is 17.9 Å². The molecule has 0 spiro atoms. The molecule has 0 bridgehead atoms. The van der Waals surface area contributed by atoms with Gasteiger partial charge in [-0.3, -0.25) is 9.48 Å². The van der Waals surface area contributed by atoms with E-state index in [0.29, 0.717) is 12.5 Å². The predicted molar refractivity (Wildman–Crippen MR) is 62.9 cm³/mol. The molecule has 1 aromatic heterocycles. The molecule has 1 amide bonds. The predicted octanol–water partition coefficient (Wildman–Crippen LogP) is -0.00470. The average molecular weight is 237 g/mol. The molecule has 0 aliphatic carbocycles. The van der Waals surface area contributed by atoms with Gasteiger partial charge in [-0.15, -0.1) is 5.10 Å². The number of aromatic nitrogens is 3. The number of carbonyl (C=O) groups excluding carboxylic acids is 1. The summed E-state index contributed by atoms with van der Waals surface area (Å²) in [5, 5.41) is 8.00. The summed E-state index contributed by atoms with van der Waals surface area (Å²) in [4.78, 5) is 13.2. The van der Waals surface area contributed by atoms with Gasteiger partial charge in [0.15, 0.2) is 0 Å². The third kappa shape index (κ3) is 3.03. The van der Waals surface area contributed by atoms with Gasteiger partial charge in [0.1, 0.15) is 0 Å². The largest absolute Gasteiger partial charge is 0.343 e. The van der Waals surface area contributed by atoms with E-state index in [2.05, 4.69) is 10.3 Å². The van der Waals surface area contributed by atoms with Crippen molar-refractivity contribution >= 4 is 5.91 Å². The van der Waals surface area contributed by atoms with Gasteiger partial charge in [-0.05, 0) is 18.8 Å². The summed E-state index contributed by atoms with van der Waals surface area (Å²) in [7, 11) is 0. The van der Waals surface area contributed by atoms with Crippen LogP contribution in [0.1, 0.15) is 25.5 Å². The molecular formula is C11H19N5O. The SMILES string of the molecule is CC(=O)N1CCCC(Cn2cc(CN)nn2)C1. The number of nitrogens with two attached hydrogens (primary N) is 1. The summed E-state index contributed by atoms with van der Waals surface area (Å²) in [6.07, 6.45) is 4.09. The number of amides is 1. The van der Waals surface area contributed by atoms with Gasteiger partial charge in [0.2, 0.25) is 5.91 Å². The Kier molecular flexibility index (Phi) is 3.73. The lowest BCUT2D eigenvalue weighted by atomic mass is 9.98. The average Bonchev–Trinajstić information content (AvgIpc) is 2.77. The molecule has 2 rings (SSSR count). The first kappa shape index (κ1) is 12.0. The Bertz CT molecular complexity index is 389. The third-order valence-corrected chi connectivity index (χ3v) is 3.20. The Morgan fingerprint density at radius 1 is 1.65 bits per heavy atom. The Morgan fingerprint density at radius 2 is 2.47 bits per heavy atom. The Balaban J connectivity index is 1.92. The second-order valence-corrected chi connectivity index (χ2v) is 4.61. The van der Waals surface area contributed by atoms with Crippen molar-refractivity contribution in [3.63, 3.8) is 0 Å². The lowest BCUT2D eigenvalue weighted by molar-refractivity contribution is -0.130. The summed E-state index contributed by atoms with van der Waals surface area (Å²) < 4.78 is 1.83. The first-order valence-electron chi connectivity index (χ1n) is 6.03. The van der Waals surface area contributed by atoms with Gasteiger partial charge in [0.25, 0.3) is 0 Å². The van der Waals surface area contributed by atoms with Crippen LogP contribution in [0.25, 0.3) is 0 Å².